The number of fused-ring (bicyclic) bond motifs is 1. The van der Waals surface area contributed by atoms with Gasteiger partial charge in [0.25, 0.3) is 0 Å². The quantitative estimate of drug-likeness (QED) is 0.493. The molecule has 0 aromatic rings. The van der Waals surface area contributed by atoms with Crippen molar-refractivity contribution >= 4 is 0 Å². The topological polar surface area (TPSA) is 46.2 Å². The molecule has 5 aliphatic carbocycles. The van der Waals surface area contributed by atoms with Gasteiger partial charge in [-0.05, 0) is 30.8 Å². The number of nitrogens with two attached hydrogens (primary N) is 1. The summed E-state index contributed by atoms with van der Waals surface area (Å²) in [6.07, 6.45) is 5.17. The van der Waals surface area contributed by atoms with E-state index >= 15 is 0 Å². The average molecular weight is 151 g/mol. The van der Waals surface area contributed by atoms with Crippen LogP contribution in [0.3, 0.4) is 0 Å². The molecule has 0 aromatic heterocycles. The summed E-state index contributed by atoms with van der Waals surface area (Å²) in [4.78, 5) is 0. The lowest BCUT2D eigenvalue weighted by molar-refractivity contribution is -0.0856. The molecule has 5 aliphatic rings. The Labute approximate surface area is 66.1 Å². The molecular weight excluding hydrogens is 138 g/mol. The molecule has 2 nitrogen and oxygen atoms in total. The molecule has 0 saturated heterocycles. The highest BCUT2D eigenvalue weighted by Gasteiger charge is 2.59. The molecule has 0 aromatic carbocycles. The first-order chi connectivity index (χ1) is 5.21. The Morgan fingerprint density at radius 3 is 2.82 bits per heavy atom. The zero-order valence-electron chi connectivity index (χ0n) is 6.46. The van der Waals surface area contributed by atoms with Gasteiger partial charge in [0.2, 0.25) is 0 Å². The summed E-state index contributed by atoms with van der Waals surface area (Å²) >= 11 is 0. The van der Waals surface area contributed by atoms with Crippen molar-refractivity contribution in [2.24, 2.45) is 17.6 Å². The minimum Gasteiger partial charge on any atom is -0.385 e. The van der Waals surface area contributed by atoms with E-state index in [1.54, 1.807) is 0 Å². The van der Waals surface area contributed by atoms with Crippen LogP contribution in [-0.4, -0.2) is 16.7 Å². The fourth-order valence-corrected chi connectivity index (χ4v) is 3.11. The van der Waals surface area contributed by atoms with Crippen LogP contribution in [-0.2, 0) is 0 Å². The van der Waals surface area contributed by atoms with Gasteiger partial charge in [-0.25, -0.2) is 0 Å². The Kier molecular flexibility index (Phi) is 0.871. The predicted molar refractivity (Wildman–Crippen MR) is 41.8 cm³/mol. The largest absolute Gasteiger partial charge is 0.385 e. The summed E-state index contributed by atoms with van der Waals surface area (Å²) in [5.74, 6) is 1.10. The van der Waals surface area contributed by atoms with Gasteiger partial charge in [-0.1, -0.05) is 6.08 Å². The lowest BCUT2D eigenvalue weighted by atomic mass is 9.49. The van der Waals surface area contributed by atoms with Crippen LogP contribution >= 0.6 is 0 Å². The van der Waals surface area contributed by atoms with Gasteiger partial charge in [0.05, 0.1) is 5.60 Å². The van der Waals surface area contributed by atoms with Crippen LogP contribution < -0.4 is 5.73 Å². The Hall–Kier alpha value is -0.340. The molecule has 11 heavy (non-hydrogen) atoms. The van der Waals surface area contributed by atoms with E-state index in [4.69, 9.17) is 5.73 Å². The molecule has 4 bridgehead atoms. The van der Waals surface area contributed by atoms with Gasteiger partial charge in [-0.15, -0.1) is 0 Å². The first-order valence-corrected chi connectivity index (χ1v) is 4.39. The summed E-state index contributed by atoms with van der Waals surface area (Å²) in [5, 5.41) is 9.92. The monoisotopic (exact) mass is 151 g/mol. The summed E-state index contributed by atoms with van der Waals surface area (Å²) in [6, 6.07) is 0.351. The molecule has 2 unspecified atom stereocenters. The van der Waals surface area contributed by atoms with Gasteiger partial charge in [0.15, 0.2) is 0 Å². The first-order valence-electron chi connectivity index (χ1n) is 4.39. The Balaban J connectivity index is 2.08. The maximum Gasteiger partial charge on any atom is 0.0869 e. The maximum atomic E-state index is 9.92. The maximum absolute atomic E-state index is 9.92. The normalized spacial score (nSPS) is 58.7. The molecule has 4 atom stereocenters. The van der Waals surface area contributed by atoms with Gasteiger partial charge in [0.1, 0.15) is 0 Å². The molecule has 0 aliphatic heterocycles. The number of hydrogen-bond donors (Lipinski definition) is 2. The molecule has 60 valence electrons. The fraction of sp³-hybridized carbons (Fsp3) is 0.778. The third-order valence-corrected chi connectivity index (χ3v) is 3.74. The van der Waals surface area contributed by atoms with Crippen molar-refractivity contribution in [2.75, 3.05) is 0 Å². The SMILES string of the molecule is N[C@@H]1C2CC=C3C1C[C@]3(O)C2. The van der Waals surface area contributed by atoms with E-state index < -0.39 is 5.60 Å². The Morgan fingerprint density at radius 1 is 1.55 bits per heavy atom. The second kappa shape index (κ2) is 1.54. The molecule has 3 fully saturated rings. The Morgan fingerprint density at radius 2 is 2.36 bits per heavy atom. The standard InChI is InChI=1S/C9H13NO/c10-8-5-1-2-7-6(8)4-9(7,11)3-5/h2,5-6,8,11H,1,3-4,10H2/t5?,6?,8-,9-/m1/s1. The number of hydrogen-bond acceptors (Lipinski definition) is 2. The molecular formula is C9H13NO. The average Bonchev–Trinajstić information content (AvgIpc) is 1.93. The van der Waals surface area contributed by atoms with Crippen LogP contribution in [0.4, 0.5) is 0 Å². The number of rotatable bonds is 0. The third kappa shape index (κ3) is 0.531. The van der Waals surface area contributed by atoms with E-state index in [0.29, 0.717) is 17.9 Å². The van der Waals surface area contributed by atoms with Gasteiger partial charge in [-0.2, -0.15) is 0 Å². The van der Waals surface area contributed by atoms with Gasteiger partial charge in [0, 0.05) is 12.0 Å². The van der Waals surface area contributed by atoms with Crippen molar-refractivity contribution in [3.8, 4) is 0 Å². The van der Waals surface area contributed by atoms with Gasteiger partial charge < -0.3 is 10.8 Å². The minimum absolute atomic E-state index is 0.351. The van der Waals surface area contributed by atoms with Gasteiger partial charge >= 0.3 is 0 Å². The molecule has 0 amide bonds. The highest BCUT2D eigenvalue weighted by molar-refractivity contribution is 5.38. The second-order valence-electron chi connectivity index (χ2n) is 4.28. The summed E-state index contributed by atoms with van der Waals surface area (Å²) in [5.41, 5.74) is 6.87. The van der Waals surface area contributed by atoms with E-state index in [9.17, 15) is 5.11 Å². The highest BCUT2D eigenvalue weighted by Crippen LogP contribution is 2.58. The van der Waals surface area contributed by atoms with Crippen LogP contribution in [0.15, 0.2) is 11.6 Å². The smallest absolute Gasteiger partial charge is 0.0869 e. The second-order valence-corrected chi connectivity index (χ2v) is 4.28. The van der Waals surface area contributed by atoms with Gasteiger partial charge in [-0.3, -0.25) is 0 Å². The van der Waals surface area contributed by atoms with Crippen molar-refractivity contribution in [1.29, 1.82) is 0 Å². The van der Waals surface area contributed by atoms with Crippen molar-refractivity contribution in [3.63, 3.8) is 0 Å². The van der Waals surface area contributed by atoms with E-state index in [1.807, 2.05) is 0 Å². The van der Waals surface area contributed by atoms with Crippen molar-refractivity contribution in [1.82, 2.24) is 0 Å². The first kappa shape index (κ1) is 6.21. The highest BCUT2D eigenvalue weighted by atomic mass is 16.3. The molecule has 0 radical (unpaired) electrons. The number of allylic oxidation sites excluding steroid dienone is 1. The van der Waals surface area contributed by atoms with Crippen molar-refractivity contribution in [2.45, 2.75) is 30.9 Å². The molecule has 3 saturated carbocycles. The van der Waals surface area contributed by atoms with Crippen LogP contribution in [0.2, 0.25) is 0 Å². The summed E-state index contributed by atoms with van der Waals surface area (Å²) < 4.78 is 0. The lowest BCUT2D eigenvalue weighted by Gasteiger charge is -2.60. The van der Waals surface area contributed by atoms with E-state index in [-0.39, 0.29) is 0 Å². The van der Waals surface area contributed by atoms with Crippen LogP contribution in [0, 0.1) is 11.8 Å². The van der Waals surface area contributed by atoms with Crippen LogP contribution in [0.1, 0.15) is 19.3 Å². The number of aliphatic hydroxyl groups is 1. The van der Waals surface area contributed by atoms with Crippen LogP contribution in [0.5, 0.6) is 0 Å². The molecule has 3 N–H and O–H groups in total. The fourth-order valence-electron chi connectivity index (χ4n) is 3.11. The predicted octanol–water partition coefficient (Wildman–Crippen LogP) is 0.415. The molecule has 5 rings (SSSR count). The molecule has 2 heteroatoms. The van der Waals surface area contributed by atoms with Crippen LogP contribution in [0.25, 0.3) is 0 Å². The Bertz CT molecular complexity index is 248. The zero-order valence-corrected chi connectivity index (χ0v) is 6.46. The van der Waals surface area contributed by atoms with E-state index in [2.05, 4.69) is 6.08 Å². The minimum atomic E-state index is -0.399. The molecule has 0 heterocycles. The summed E-state index contributed by atoms with van der Waals surface area (Å²) in [6.45, 7) is 0. The van der Waals surface area contributed by atoms with Crippen molar-refractivity contribution in [3.05, 3.63) is 11.6 Å². The molecule has 0 spiro atoms. The van der Waals surface area contributed by atoms with Crippen molar-refractivity contribution < 1.29 is 5.11 Å². The van der Waals surface area contributed by atoms with E-state index in [1.165, 1.54) is 5.57 Å². The zero-order chi connectivity index (χ0) is 7.64. The third-order valence-electron chi connectivity index (χ3n) is 3.74. The summed E-state index contributed by atoms with van der Waals surface area (Å²) in [7, 11) is 0. The lowest BCUT2D eigenvalue weighted by Crippen LogP contribution is -2.64. The van der Waals surface area contributed by atoms with E-state index in [0.717, 1.165) is 19.3 Å².